The summed E-state index contributed by atoms with van der Waals surface area (Å²) in [5, 5.41) is 28.2. The number of piperidine rings is 1. The molecule has 0 radical (unpaired) electrons. The van der Waals surface area contributed by atoms with E-state index in [1.807, 2.05) is 45.0 Å². The summed E-state index contributed by atoms with van der Waals surface area (Å²) < 4.78 is 29.2. The number of hydrogen-bond acceptors (Lipinski definition) is 17. The number of para-hydroxylation sites is 1. The van der Waals surface area contributed by atoms with Crippen molar-refractivity contribution in [3.05, 3.63) is 78.5 Å². The number of aromatic hydroxyl groups is 1. The predicted molar refractivity (Wildman–Crippen MR) is 291 cm³/mol. The summed E-state index contributed by atoms with van der Waals surface area (Å²) in [5.74, 6) is -0.689. The summed E-state index contributed by atoms with van der Waals surface area (Å²) in [7, 11) is 0. The highest BCUT2D eigenvalue weighted by atomic mass is 16.6. The Morgan fingerprint density at radius 2 is 1.59 bits per heavy atom. The molecule has 9 rings (SSSR count). The molecule has 21 nitrogen and oxygen atoms in total. The normalized spacial score (nSPS) is 21.1. The van der Waals surface area contributed by atoms with Crippen LogP contribution >= 0.6 is 0 Å². The van der Waals surface area contributed by atoms with E-state index in [0.29, 0.717) is 105 Å². The third-order valence-corrected chi connectivity index (χ3v) is 15.3. The number of phenolic OH excluding ortho intramolecular Hbond substituents is 1. The van der Waals surface area contributed by atoms with Crippen molar-refractivity contribution >= 4 is 52.9 Å². The third kappa shape index (κ3) is 13.3. The molecule has 5 fully saturated rings. The lowest BCUT2D eigenvalue weighted by Crippen LogP contribution is -2.56. The number of carbonyl (C=O) groups excluding carboxylic acids is 5. The maximum absolute atomic E-state index is 13.6. The first kappa shape index (κ1) is 55.5. The molecule has 4 aromatic rings. The van der Waals surface area contributed by atoms with Gasteiger partial charge in [0.1, 0.15) is 35.5 Å². The number of unbranched alkanes of at least 4 members (excludes halogenated alkanes) is 1. The van der Waals surface area contributed by atoms with Crippen LogP contribution in [-0.2, 0) is 39.9 Å². The lowest BCUT2D eigenvalue weighted by molar-refractivity contribution is -0.167. The molecule has 78 heavy (non-hydrogen) atoms. The van der Waals surface area contributed by atoms with Gasteiger partial charge < -0.3 is 59.9 Å². The van der Waals surface area contributed by atoms with Crippen LogP contribution in [0.4, 0.5) is 32.5 Å². The number of benzene rings is 2. The molecule has 2 aliphatic carbocycles. The molecule has 418 valence electrons. The van der Waals surface area contributed by atoms with Crippen LogP contribution in [0.1, 0.15) is 110 Å². The van der Waals surface area contributed by atoms with Gasteiger partial charge in [0.25, 0.3) is 0 Å². The second kappa shape index (κ2) is 24.6. The number of anilines is 4. The fourth-order valence-electron chi connectivity index (χ4n) is 10.9. The molecule has 4 amide bonds. The highest BCUT2D eigenvalue weighted by Gasteiger charge is 2.53. The average Bonchev–Trinajstić information content (AvgIpc) is 3.69. The minimum Gasteiger partial charge on any atom is -0.507 e. The van der Waals surface area contributed by atoms with E-state index in [2.05, 4.69) is 40.9 Å². The fraction of sp³-hybridized carbons (Fsp3) is 0.544. The molecule has 3 aliphatic heterocycles. The Labute approximate surface area is 455 Å². The van der Waals surface area contributed by atoms with Crippen molar-refractivity contribution in [2.45, 2.75) is 153 Å². The molecule has 0 spiro atoms. The van der Waals surface area contributed by atoms with Gasteiger partial charge in [-0.05, 0) is 134 Å². The van der Waals surface area contributed by atoms with Gasteiger partial charge in [0, 0.05) is 80.3 Å². The predicted octanol–water partition coefficient (Wildman–Crippen LogP) is 7.46. The van der Waals surface area contributed by atoms with Gasteiger partial charge >= 0.3 is 18.2 Å². The van der Waals surface area contributed by atoms with Crippen molar-refractivity contribution < 1.29 is 52.8 Å². The highest BCUT2D eigenvalue weighted by Crippen LogP contribution is 2.43. The molecule has 21 heteroatoms. The SMILES string of the molecule is CCOC(=O)C1(C(=O)N[C@@H](CCCCN)C(=O)Nc2ccc(COC(=O)Nc3nnc(-c4ccccc4O)cc3N3CC4CC[C@H](C3)N4c3ccnc(OC4CC(OC5CCN(C(=O)OC(C)(C)C)CC5)C4)c3)cc2)CCC1. The van der Waals surface area contributed by atoms with Gasteiger partial charge in [-0.3, -0.25) is 19.7 Å². The maximum atomic E-state index is 13.6. The van der Waals surface area contributed by atoms with Crippen molar-refractivity contribution in [3.8, 4) is 22.9 Å². The molecular formula is C57H74N10O11. The van der Waals surface area contributed by atoms with Crippen molar-refractivity contribution in [1.82, 2.24) is 25.4 Å². The molecule has 2 aromatic heterocycles. The van der Waals surface area contributed by atoms with Gasteiger partial charge in [0.15, 0.2) is 5.82 Å². The molecule has 3 saturated heterocycles. The first-order valence-corrected chi connectivity index (χ1v) is 27.5. The molecule has 2 aromatic carbocycles. The first-order chi connectivity index (χ1) is 37.6. The van der Waals surface area contributed by atoms with Gasteiger partial charge in [-0.15, -0.1) is 10.2 Å². The number of aromatic nitrogens is 3. The highest BCUT2D eigenvalue weighted by molar-refractivity contribution is 6.06. The van der Waals surface area contributed by atoms with Crippen LogP contribution in [0.2, 0.25) is 0 Å². The standard InChI is InChI=1S/C57H74N10O11/c1-5-74-53(71)57(23-10-24-57)52(70)61-45(12-8-9-25-58)51(69)60-37-16-14-36(15-17-37)35-75-54(72)62-50-47(32-46(63-64-50)44-11-6-7-13-48(44)68)66-33-39-18-19-40(34-66)67(39)38-20-26-59-49(29-38)77-43-30-42(31-43)76-41-21-27-65(28-22-41)55(73)78-56(2,3)4/h6-7,11,13-17,20,26,29,32,39-43,45,68H,5,8-10,12,18-19,21-25,27-28,30-31,33-35,58H2,1-4H3,(H,60,69)(H,61,70)(H,62,64,72)/t39-,40?,42?,43?,45+/m1/s1. The zero-order valence-corrected chi connectivity index (χ0v) is 45.1. The van der Waals surface area contributed by atoms with Gasteiger partial charge in [-0.1, -0.05) is 30.7 Å². The Morgan fingerprint density at radius 3 is 2.26 bits per heavy atom. The smallest absolute Gasteiger partial charge is 0.413 e. The minimum atomic E-state index is -1.29. The number of ether oxygens (including phenoxy) is 5. The number of piperazine rings is 1. The topological polar surface area (TPSA) is 262 Å². The van der Waals surface area contributed by atoms with E-state index in [-0.39, 0.29) is 61.3 Å². The Morgan fingerprint density at radius 1 is 0.859 bits per heavy atom. The first-order valence-electron chi connectivity index (χ1n) is 27.5. The molecule has 3 atom stereocenters. The van der Waals surface area contributed by atoms with E-state index in [9.17, 15) is 29.1 Å². The number of carbonyl (C=O) groups is 5. The Balaban J connectivity index is 0.793. The van der Waals surface area contributed by atoms with Crippen molar-refractivity contribution in [1.29, 1.82) is 0 Å². The second-order valence-corrected chi connectivity index (χ2v) is 22.0. The van der Waals surface area contributed by atoms with Gasteiger partial charge in [0.2, 0.25) is 17.7 Å². The third-order valence-electron chi connectivity index (χ3n) is 15.3. The van der Waals surface area contributed by atoms with E-state index in [1.54, 1.807) is 60.5 Å². The molecule has 1 unspecified atom stereocenters. The molecule has 5 heterocycles. The lowest BCUT2D eigenvalue weighted by Gasteiger charge is -2.44. The van der Waals surface area contributed by atoms with E-state index in [1.165, 1.54) is 0 Å². The summed E-state index contributed by atoms with van der Waals surface area (Å²) in [6.07, 6.45) is 8.97. The lowest BCUT2D eigenvalue weighted by atomic mass is 9.68. The van der Waals surface area contributed by atoms with Crippen LogP contribution in [0.3, 0.4) is 0 Å². The van der Waals surface area contributed by atoms with E-state index in [4.69, 9.17) is 29.4 Å². The summed E-state index contributed by atoms with van der Waals surface area (Å²) in [5.41, 5.74) is 7.61. The van der Waals surface area contributed by atoms with Crippen LogP contribution < -0.4 is 36.2 Å². The van der Waals surface area contributed by atoms with E-state index in [0.717, 1.165) is 44.2 Å². The molecule has 2 saturated carbocycles. The average molecular weight is 1080 g/mol. The monoisotopic (exact) mass is 1070 g/mol. The quantitative estimate of drug-likeness (QED) is 0.0249. The van der Waals surface area contributed by atoms with Gasteiger partial charge in [-0.2, -0.15) is 0 Å². The summed E-state index contributed by atoms with van der Waals surface area (Å²) in [6, 6.07) is 18.9. The Hall–Kier alpha value is -7.26. The molecule has 6 N–H and O–H groups in total. The number of esters is 1. The van der Waals surface area contributed by atoms with Crippen molar-refractivity contribution in [2.75, 3.05) is 59.8 Å². The number of amides is 4. The number of phenols is 1. The number of nitrogens with one attached hydrogen (secondary N) is 3. The Kier molecular flexibility index (Phi) is 17.5. The van der Waals surface area contributed by atoms with Gasteiger partial charge in [0.05, 0.1) is 30.2 Å². The molecule has 2 bridgehead atoms. The number of pyridine rings is 1. The number of rotatable bonds is 20. The van der Waals surface area contributed by atoms with Crippen LogP contribution in [0.25, 0.3) is 11.3 Å². The van der Waals surface area contributed by atoms with Crippen LogP contribution in [-0.4, -0.2) is 137 Å². The van der Waals surface area contributed by atoms with E-state index >= 15 is 0 Å². The molecular weight excluding hydrogens is 1000 g/mol. The minimum absolute atomic E-state index is 0.00603. The van der Waals surface area contributed by atoms with Crippen LogP contribution in [0.5, 0.6) is 11.6 Å². The van der Waals surface area contributed by atoms with Gasteiger partial charge in [-0.25, -0.2) is 14.6 Å². The summed E-state index contributed by atoms with van der Waals surface area (Å²) in [4.78, 5) is 76.8. The fourth-order valence-corrected chi connectivity index (χ4v) is 10.9. The van der Waals surface area contributed by atoms with Crippen molar-refractivity contribution in [3.63, 3.8) is 0 Å². The van der Waals surface area contributed by atoms with Crippen LogP contribution in [0.15, 0.2) is 72.9 Å². The number of hydrogen-bond donors (Lipinski definition) is 5. The summed E-state index contributed by atoms with van der Waals surface area (Å²) in [6.45, 7) is 10.3. The molecule has 5 aliphatic rings. The number of fused-ring (bicyclic) bond motifs is 2. The summed E-state index contributed by atoms with van der Waals surface area (Å²) >= 11 is 0. The Bertz CT molecular complexity index is 2740. The zero-order valence-electron chi connectivity index (χ0n) is 45.1. The zero-order chi connectivity index (χ0) is 55.0. The van der Waals surface area contributed by atoms with Crippen molar-refractivity contribution in [2.24, 2.45) is 11.1 Å². The largest absolute Gasteiger partial charge is 0.507 e. The van der Waals surface area contributed by atoms with Crippen LogP contribution in [0, 0.1) is 5.41 Å². The second-order valence-electron chi connectivity index (χ2n) is 22.0. The number of nitrogens with zero attached hydrogens (tertiary/aromatic N) is 6. The maximum Gasteiger partial charge on any atom is 0.413 e. The van der Waals surface area contributed by atoms with E-state index < -0.39 is 40.9 Å². The number of nitrogens with two attached hydrogens (primary N) is 1. The number of likely N-dealkylation sites (tertiary alicyclic amines) is 1.